The van der Waals surface area contributed by atoms with Gasteiger partial charge in [0.1, 0.15) is 5.25 Å². The second kappa shape index (κ2) is 9.56. The van der Waals surface area contributed by atoms with E-state index in [9.17, 15) is 9.59 Å². The van der Waals surface area contributed by atoms with Crippen molar-refractivity contribution in [2.75, 3.05) is 6.54 Å². The molecule has 2 fully saturated rings. The lowest BCUT2D eigenvalue weighted by Gasteiger charge is -2.23. The van der Waals surface area contributed by atoms with E-state index in [1.807, 2.05) is 25.1 Å². The van der Waals surface area contributed by atoms with Crippen LogP contribution in [-0.4, -0.2) is 39.7 Å². The molecule has 0 aromatic heterocycles. The predicted octanol–water partition coefficient (Wildman–Crippen LogP) is 5.00. The van der Waals surface area contributed by atoms with Crippen LogP contribution >= 0.6 is 43.6 Å². The van der Waals surface area contributed by atoms with Crippen molar-refractivity contribution < 1.29 is 9.59 Å². The largest absolute Gasteiger partial charge is 0.353 e. The summed E-state index contributed by atoms with van der Waals surface area (Å²) in [6, 6.07) is 5.99. The van der Waals surface area contributed by atoms with Gasteiger partial charge in [0.15, 0.2) is 5.17 Å². The fraction of sp³-hybridized carbons (Fsp3) is 0.526. The van der Waals surface area contributed by atoms with E-state index in [0.29, 0.717) is 11.7 Å². The molecule has 3 rings (SSSR count). The molecule has 1 aliphatic heterocycles. The van der Waals surface area contributed by atoms with E-state index in [1.54, 1.807) is 4.90 Å². The Morgan fingerprint density at radius 2 is 2.04 bits per heavy atom. The van der Waals surface area contributed by atoms with Crippen molar-refractivity contribution in [3.63, 3.8) is 0 Å². The smallest absolute Gasteiger partial charge is 0.242 e. The van der Waals surface area contributed by atoms with Crippen molar-refractivity contribution in [1.29, 1.82) is 0 Å². The number of halogens is 2. The topological polar surface area (TPSA) is 61.8 Å². The zero-order valence-corrected chi connectivity index (χ0v) is 19.2. The van der Waals surface area contributed by atoms with Crippen LogP contribution in [0.4, 0.5) is 5.69 Å². The van der Waals surface area contributed by atoms with Gasteiger partial charge in [0.05, 0.1) is 5.69 Å². The zero-order valence-electron chi connectivity index (χ0n) is 15.2. The zero-order chi connectivity index (χ0) is 19.4. The van der Waals surface area contributed by atoms with Crippen molar-refractivity contribution in [3.8, 4) is 0 Å². The Labute approximate surface area is 181 Å². The van der Waals surface area contributed by atoms with Gasteiger partial charge < -0.3 is 5.32 Å². The Balaban J connectivity index is 1.68. The normalized spacial score (nSPS) is 22.5. The Bertz CT molecular complexity index is 750. The summed E-state index contributed by atoms with van der Waals surface area (Å²) in [5.41, 5.74) is 0.763. The summed E-state index contributed by atoms with van der Waals surface area (Å²) in [4.78, 5) is 31.5. The minimum absolute atomic E-state index is 0.0325. The molecule has 1 unspecified atom stereocenters. The number of carbonyl (C=O) groups excluding carboxylic acids is 2. The van der Waals surface area contributed by atoms with Gasteiger partial charge >= 0.3 is 0 Å². The van der Waals surface area contributed by atoms with Crippen LogP contribution in [0, 0.1) is 0 Å². The number of amides is 2. The number of amidine groups is 1. The molecule has 1 aromatic carbocycles. The molecule has 0 radical (unpaired) electrons. The van der Waals surface area contributed by atoms with E-state index in [1.165, 1.54) is 31.0 Å². The molecule has 2 amide bonds. The summed E-state index contributed by atoms with van der Waals surface area (Å²) < 4.78 is 1.81. The maximum Gasteiger partial charge on any atom is 0.242 e. The number of nitrogens with one attached hydrogen (secondary N) is 1. The summed E-state index contributed by atoms with van der Waals surface area (Å²) in [6.07, 6.45) is 5.89. The molecule has 0 spiro atoms. The van der Waals surface area contributed by atoms with Gasteiger partial charge in [-0.1, -0.05) is 47.0 Å². The minimum Gasteiger partial charge on any atom is -0.353 e. The predicted molar refractivity (Wildman–Crippen MR) is 117 cm³/mol. The summed E-state index contributed by atoms with van der Waals surface area (Å²) in [6.45, 7) is 2.47. The minimum atomic E-state index is -0.401. The van der Waals surface area contributed by atoms with E-state index in [0.717, 1.165) is 27.5 Å². The third-order valence-corrected chi connectivity index (χ3v) is 7.11. The second-order valence-electron chi connectivity index (χ2n) is 6.79. The lowest BCUT2D eigenvalue weighted by Crippen LogP contribution is -2.39. The quantitative estimate of drug-likeness (QED) is 0.598. The van der Waals surface area contributed by atoms with Gasteiger partial charge in [0.25, 0.3) is 0 Å². The highest BCUT2D eigenvalue weighted by molar-refractivity contribution is 9.11. The van der Waals surface area contributed by atoms with Crippen LogP contribution in [0.1, 0.15) is 45.4 Å². The van der Waals surface area contributed by atoms with Gasteiger partial charge in [0, 0.05) is 28.0 Å². The van der Waals surface area contributed by atoms with Crippen molar-refractivity contribution in [2.24, 2.45) is 4.99 Å². The Hall–Kier alpha value is -0.860. The van der Waals surface area contributed by atoms with Crippen LogP contribution < -0.4 is 5.32 Å². The van der Waals surface area contributed by atoms with Crippen LogP contribution in [0.15, 0.2) is 32.1 Å². The SMILES string of the molecule is CCN1C(=O)C(CC(=O)NC2CCCCC2)SC1=Nc1ccc(Br)cc1Br. The average Bonchev–Trinajstić information content (AvgIpc) is 2.92. The first-order valence-electron chi connectivity index (χ1n) is 9.29. The molecule has 0 bridgehead atoms. The van der Waals surface area contributed by atoms with E-state index in [4.69, 9.17) is 0 Å². The van der Waals surface area contributed by atoms with E-state index < -0.39 is 5.25 Å². The molecular formula is C19H23Br2N3O2S. The first kappa shape index (κ1) is 20.9. The standard InChI is InChI=1S/C19H23Br2N3O2S/c1-2-24-18(26)16(11-17(25)22-13-6-4-3-5-7-13)27-19(24)23-15-9-8-12(20)10-14(15)21/h8-10,13,16H,2-7,11H2,1H3,(H,22,25). The van der Waals surface area contributed by atoms with Crippen molar-refractivity contribution in [3.05, 3.63) is 27.1 Å². The van der Waals surface area contributed by atoms with Crippen LogP contribution in [0.25, 0.3) is 0 Å². The molecule has 8 heteroatoms. The van der Waals surface area contributed by atoms with Crippen LogP contribution in [0.5, 0.6) is 0 Å². The second-order valence-corrected chi connectivity index (χ2v) is 9.73. The molecule has 5 nitrogen and oxygen atoms in total. The highest BCUT2D eigenvalue weighted by atomic mass is 79.9. The molecule has 146 valence electrons. The van der Waals surface area contributed by atoms with E-state index in [2.05, 4.69) is 42.2 Å². The van der Waals surface area contributed by atoms with Crippen LogP contribution in [0.2, 0.25) is 0 Å². The monoisotopic (exact) mass is 515 g/mol. The average molecular weight is 517 g/mol. The number of hydrogen-bond donors (Lipinski definition) is 1. The van der Waals surface area contributed by atoms with Gasteiger partial charge in [-0.25, -0.2) is 4.99 Å². The molecule has 27 heavy (non-hydrogen) atoms. The fourth-order valence-electron chi connectivity index (χ4n) is 3.39. The lowest BCUT2D eigenvalue weighted by atomic mass is 9.95. The van der Waals surface area contributed by atoms with Gasteiger partial charge in [-0.2, -0.15) is 0 Å². The molecule has 1 saturated carbocycles. The van der Waals surface area contributed by atoms with E-state index in [-0.39, 0.29) is 24.3 Å². The number of nitrogens with zero attached hydrogens (tertiary/aromatic N) is 2. The lowest BCUT2D eigenvalue weighted by molar-refractivity contribution is -0.129. The van der Waals surface area contributed by atoms with Crippen LogP contribution in [0.3, 0.4) is 0 Å². The van der Waals surface area contributed by atoms with Crippen molar-refractivity contribution >= 4 is 66.3 Å². The highest BCUT2D eigenvalue weighted by Gasteiger charge is 2.38. The third kappa shape index (κ3) is 5.35. The Kier molecular flexibility index (Phi) is 7.39. The number of carbonyl (C=O) groups is 2. The van der Waals surface area contributed by atoms with Gasteiger partial charge in [0.2, 0.25) is 11.8 Å². The first-order chi connectivity index (χ1) is 13.0. The fourth-order valence-corrected chi connectivity index (χ4v) is 5.74. The molecule has 1 aromatic rings. The summed E-state index contributed by atoms with van der Waals surface area (Å²) in [5.74, 6) is -0.0665. The Morgan fingerprint density at radius 3 is 2.70 bits per heavy atom. The van der Waals surface area contributed by atoms with Gasteiger partial charge in [-0.15, -0.1) is 0 Å². The Morgan fingerprint density at radius 1 is 1.30 bits per heavy atom. The summed E-state index contributed by atoms with van der Waals surface area (Å²) >= 11 is 8.32. The number of benzene rings is 1. The van der Waals surface area contributed by atoms with Crippen molar-refractivity contribution in [2.45, 2.75) is 56.7 Å². The number of aliphatic imine (C=N–C) groups is 1. The molecule has 1 atom stereocenters. The molecule has 1 saturated heterocycles. The summed E-state index contributed by atoms with van der Waals surface area (Å²) in [7, 11) is 0. The number of rotatable bonds is 5. The molecular weight excluding hydrogens is 494 g/mol. The number of hydrogen-bond acceptors (Lipinski definition) is 4. The van der Waals surface area contributed by atoms with Gasteiger partial charge in [-0.05, 0) is 53.9 Å². The first-order valence-corrected chi connectivity index (χ1v) is 11.8. The third-order valence-electron chi connectivity index (χ3n) is 4.80. The molecule has 1 heterocycles. The van der Waals surface area contributed by atoms with Crippen LogP contribution in [-0.2, 0) is 9.59 Å². The highest BCUT2D eigenvalue weighted by Crippen LogP contribution is 2.34. The maximum absolute atomic E-state index is 12.7. The van der Waals surface area contributed by atoms with Crippen molar-refractivity contribution in [1.82, 2.24) is 10.2 Å². The molecule has 2 aliphatic rings. The molecule has 1 aliphatic carbocycles. The maximum atomic E-state index is 12.7. The molecule has 1 N–H and O–H groups in total. The van der Waals surface area contributed by atoms with E-state index >= 15 is 0 Å². The van der Waals surface area contributed by atoms with Gasteiger partial charge in [-0.3, -0.25) is 14.5 Å². The summed E-state index contributed by atoms with van der Waals surface area (Å²) in [5, 5.41) is 3.36. The number of thioether (sulfide) groups is 1.